The predicted molar refractivity (Wildman–Crippen MR) is 105 cm³/mol. The molecule has 7 nitrogen and oxygen atoms in total. The summed E-state index contributed by atoms with van der Waals surface area (Å²) in [5.74, 6) is -0.0728. The van der Waals surface area contributed by atoms with Crippen molar-refractivity contribution in [2.45, 2.75) is 13.0 Å². The van der Waals surface area contributed by atoms with Crippen molar-refractivity contribution in [2.75, 3.05) is 11.9 Å². The Morgan fingerprint density at radius 1 is 1.44 bits per heavy atom. The van der Waals surface area contributed by atoms with E-state index in [-0.39, 0.29) is 6.61 Å². The van der Waals surface area contributed by atoms with Gasteiger partial charge < -0.3 is 10.1 Å². The quantitative estimate of drug-likeness (QED) is 0.504. The number of alkyl halides is 1. The van der Waals surface area contributed by atoms with Crippen molar-refractivity contribution in [1.29, 1.82) is 0 Å². The van der Waals surface area contributed by atoms with E-state index in [1.807, 2.05) is 0 Å². The molecule has 0 saturated heterocycles. The number of rotatable bonds is 5. The van der Waals surface area contributed by atoms with Gasteiger partial charge in [-0.2, -0.15) is 0 Å². The third-order valence-electron chi connectivity index (χ3n) is 3.82. The summed E-state index contributed by atoms with van der Waals surface area (Å²) in [6, 6.07) is 3.55. The number of aryl methyl sites for hydroxylation is 1. The third-order valence-corrected chi connectivity index (χ3v) is 5.07. The van der Waals surface area contributed by atoms with E-state index in [1.165, 1.54) is 12.1 Å². The lowest BCUT2D eigenvalue weighted by atomic mass is 9.96. The molecule has 0 aliphatic carbocycles. The Balaban J connectivity index is 2.15. The maximum atomic E-state index is 13.6. The summed E-state index contributed by atoms with van der Waals surface area (Å²) in [5, 5.41) is 7.73. The molecule has 0 radical (unpaired) electrons. The summed E-state index contributed by atoms with van der Waals surface area (Å²) in [7, 11) is 1.75. The summed E-state index contributed by atoms with van der Waals surface area (Å²) in [6.45, 7) is 1.96. The first-order valence-electron chi connectivity index (χ1n) is 8.06. The van der Waals surface area contributed by atoms with E-state index < -0.39 is 17.8 Å². The summed E-state index contributed by atoms with van der Waals surface area (Å²) >= 11 is 6.77. The maximum Gasteiger partial charge on any atom is 0.338 e. The van der Waals surface area contributed by atoms with Gasteiger partial charge in [-0.3, -0.25) is 9.67 Å². The van der Waals surface area contributed by atoms with Crippen molar-refractivity contribution >= 4 is 43.7 Å². The molecule has 1 N–H and O–H groups in total. The van der Waals surface area contributed by atoms with Crippen LogP contribution in [0.3, 0.4) is 0 Å². The van der Waals surface area contributed by atoms with Crippen molar-refractivity contribution in [3.05, 3.63) is 57.5 Å². The maximum absolute atomic E-state index is 13.6. The molecule has 10 heteroatoms. The smallest absolute Gasteiger partial charge is 0.338 e. The number of esters is 1. The van der Waals surface area contributed by atoms with Crippen molar-refractivity contribution in [2.24, 2.45) is 12.0 Å². The molecule has 3 rings (SSSR count). The average Bonchev–Trinajstić information content (AvgIpc) is 3.07. The summed E-state index contributed by atoms with van der Waals surface area (Å²) in [5.41, 5.74) is 1.57. The number of hydrogen-bond acceptors (Lipinski definition) is 6. The number of carbonyl (C=O) groups excluding carboxylic acids is 1. The van der Waals surface area contributed by atoms with Crippen LogP contribution in [0.25, 0.3) is 0 Å². The summed E-state index contributed by atoms with van der Waals surface area (Å²) < 4.78 is 20.8. The van der Waals surface area contributed by atoms with E-state index in [0.717, 1.165) is 0 Å². The van der Waals surface area contributed by atoms with E-state index in [4.69, 9.17) is 4.74 Å². The molecular weight excluding hydrogens is 485 g/mol. The SMILES string of the molecule is CCOC(=O)C1=C(CBr)NC(c2ncn(C)n2)=NC1c1ccc(F)cc1Br. The van der Waals surface area contributed by atoms with Gasteiger partial charge in [0.25, 0.3) is 0 Å². The number of aromatic nitrogens is 3. The lowest BCUT2D eigenvalue weighted by Crippen LogP contribution is -2.35. The molecule has 1 atom stereocenters. The number of allylic oxidation sites excluding steroid dienone is 1. The number of amidine groups is 1. The van der Waals surface area contributed by atoms with Crippen LogP contribution < -0.4 is 5.32 Å². The lowest BCUT2D eigenvalue weighted by Gasteiger charge is -2.26. The highest BCUT2D eigenvalue weighted by Crippen LogP contribution is 2.36. The zero-order valence-corrected chi connectivity index (χ0v) is 17.7. The zero-order valence-electron chi connectivity index (χ0n) is 14.5. The highest BCUT2D eigenvalue weighted by atomic mass is 79.9. The summed E-state index contributed by atoms with van der Waals surface area (Å²) in [4.78, 5) is 21.5. The Labute approximate surface area is 172 Å². The molecule has 1 aliphatic heterocycles. The van der Waals surface area contributed by atoms with E-state index >= 15 is 0 Å². The second kappa shape index (κ2) is 8.30. The van der Waals surface area contributed by atoms with Crippen LogP contribution in [-0.4, -0.2) is 38.5 Å². The Morgan fingerprint density at radius 2 is 2.22 bits per heavy atom. The van der Waals surface area contributed by atoms with Crippen molar-refractivity contribution in [1.82, 2.24) is 20.1 Å². The lowest BCUT2D eigenvalue weighted by molar-refractivity contribution is -0.138. The zero-order chi connectivity index (χ0) is 19.6. The topological polar surface area (TPSA) is 81.4 Å². The first-order chi connectivity index (χ1) is 12.9. The first-order valence-corrected chi connectivity index (χ1v) is 9.98. The monoisotopic (exact) mass is 499 g/mol. The number of hydrogen-bond donors (Lipinski definition) is 1. The molecule has 27 heavy (non-hydrogen) atoms. The molecule has 0 spiro atoms. The number of halogens is 3. The van der Waals surface area contributed by atoms with E-state index in [0.29, 0.717) is 38.3 Å². The van der Waals surface area contributed by atoms with Crippen LogP contribution in [-0.2, 0) is 16.6 Å². The number of benzene rings is 1. The van der Waals surface area contributed by atoms with Gasteiger partial charge in [0.2, 0.25) is 5.82 Å². The second-order valence-electron chi connectivity index (χ2n) is 5.66. The number of nitrogens with one attached hydrogen (secondary N) is 1. The Kier molecular flexibility index (Phi) is 6.05. The fourth-order valence-electron chi connectivity index (χ4n) is 2.66. The largest absolute Gasteiger partial charge is 0.463 e. The highest BCUT2D eigenvalue weighted by Gasteiger charge is 2.33. The number of carbonyl (C=O) groups is 1. The molecular formula is C17H16Br2FN5O2. The number of ether oxygens (including phenoxy) is 1. The average molecular weight is 501 g/mol. The van der Waals surface area contributed by atoms with Crippen LogP contribution in [0.4, 0.5) is 4.39 Å². The van der Waals surface area contributed by atoms with Crippen molar-refractivity contribution in [3.8, 4) is 0 Å². The molecule has 1 aliphatic rings. The fourth-order valence-corrected chi connectivity index (χ4v) is 3.67. The van der Waals surface area contributed by atoms with E-state index in [2.05, 4.69) is 52.3 Å². The van der Waals surface area contributed by atoms with Gasteiger partial charge in [-0.05, 0) is 24.6 Å². The van der Waals surface area contributed by atoms with Gasteiger partial charge in [0.15, 0.2) is 5.84 Å². The molecule has 142 valence electrons. The molecule has 1 aromatic carbocycles. The third kappa shape index (κ3) is 4.11. The number of aliphatic imine (C=N–C) groups is 1. The molecule has 1 aromatic heterocycles. The molecule has 2 aromatic rings. The highest BCUT2D eigenvalue weighted by molar-refractivity contribution is 9.10. The molecule has 0 bridgehead atoms. The summed E-state index contributed by atoms with van der Waals surface area (Å²) in [6.07, 6.45) is 1.56. The van der Waals surface area contributed by atoms with E-state index in [9.17, 15) is 9.18 Å². The van der Waals surface area contributed by atoms with Crippen LogP contribution >= 0.6 is 31.9 Å². The first kappa shape index (κ1) is 19.7. The molecule has 1 unspecified atom stereocenters. The predicted octanol–water partition coefficient (Wildman–Crippen LogP) is 3.02. The van der Waals surface area contributed by atoms with Gasteiger partial charge in [-0.25, -0.2) is 14.2 Å². The van der Waals surface area contributed by atoms with Crippen LogP contribution in [0, 0.1) is 5.82 Å². The van der Waals surface area contributed by atoms with E-state index in [1.54, 1.807) is 31.0 Å². The molecule has 0 amide bonds. The van der Waals surface area contributed by atoms with Crippen LogP contribution in [0.1, 0.15) is 24.4 Å². The van der Waals surface area contributed by atoms with Gasteiger partial charge in [0.05, 0.1) is 12.2 Å². The van der Waals surface area contributed by atoms with Gasteiger partial charge in [0.1, 0.15) is 18.2 Å². The van der Waals surface area contributed by atoms with Gasteiger partial charge in [-0.1, -0.05) is 37.9 Å². The Morgan fingerprint density at radius 3 is 2.81 bits per heavy atom. The number of nitrogens with zero attached hydrogens (tertiary/aromatic N) is 4. The van der Waals surface area contributed by atoms with Gasteiger partial charge in [-0.15, -0.1) is 5.10 Å². The fraction of sp³-hybridized carbons (Fsp3) is 0.294. The Bertz CT molecular complexity index is 941. The Hall–Kier alpha value is -2.07. The minimum absolute atomic E-state index is 0.230. The normalized spacial score (nSPS) is 16.8. The van der Waals surface area contributed by atoms with Crippen molar-refractivity contribution < 1.29 is 13.9 Å². The van der Waals surface area contributed by atoms with Crippen molar-refractivity contribution in [3.63, 3.8) is 0 Å². The standard InChI is InChI=1S/C17H16Br2FN5O2/c1-3-27-17(26)13-12(7-18)22-16(15-21-8-25(2)24-15)23-14(13)10-5-4-9(20)6-11(10)19/h4-6,8,14H,3,7H2,1-2H3,(H,22,23). The van der Waals surface area contributed by atoms with Crippen LogP contribution in [0.15, 0.2) is 45.3 Å². The molecule has 0 fully saturated rings. The second-order valence-corrected chi connectivity index (χ2v) is 7.07. The minimum Gasteiger partial charge on any atom is -0.463 e. The van der Waals surface area contributed by atoms with Gasteiger partial charge in [0, 0.05) is 22.5 Å². The van der Waals surface area contributed by atoms with Crippen LogP contribution in [0.5, 0.6) is 0 Å². The van der Waals surface area contributed by atoms with Gasteiger partial charge >= 0.3 is 5.97 Å². The minimum atomic E-state index is -0.702. The molecule has 2 heterocycles. The molecule has 0 saturated carbocycles. The van der Waals surface area contributed by atoms with Crippen LogP contribution in [0.2, 0.25) is 0 Å².